The number of hydrogen-bond donors (Lipinski definition) is 2. The molecule has 0 radical (unpaired) electrons. The van der Waals surface area contributed by atoms with Crippen LogP contribution in [-0.2, 0) is 0 Å². The van der Waals surface area contributed by atoms with E-state index < -0.39 is 5.60 Å². The van der Waals surface area contributed by atoms with Crippen molar-refractivity contribution in [2.45, 2.75) is 37.7 Å². The minimum absolute atomic E-state index is 0.137. The van der Waals surface area contributed by atoms with Crippen molar-refractivity contribution in [3.8, 4) is 0 Å². The van der Waals surface area contributed by atoms with Gasteiger partial charge in [-0.3, -0.25) is 0 Å². The van der Waals surface area contributed by atoms with E-state index in [1.807, 2.05) is 13.8 Å². The molecule has 2 aliphatic rings. The van der Waals surface area contributed by atoms with Crippen LogP contribution < -0.4 is 0 Å². The second-order valence-corrected chi connectivity index (χ2v) is 6.00. The number of aliphatic hydroxyl groups is 2. The van der Waals surface area contributed by atoms with Gasteiger partial charge in [-0.25, -0.2) is 0 Å². The van der Waals surface area contributed by atoms with Crippen LogP contribution in [0.3, 0.4) is 0 Å². The van der Waals surface area contributed by atoms with E-state index in [-0.39, 0.29) is 11.5 Å². The Labute approximate surface area is 88.8 Å². The number of rotatable bonds is 3. The molecule has 2 rings (SSSR count). The predicted molar refractivity (Wildman–Crippen MR) is 57.7 cm³/mol. The summed E-state index contributed by atoms with van der Waals surface area (Å²) >= 11 is 1.74. The summed E-state index contributed by atoms with van der Waals surface area (Å²) in [5, 5.41) is 19.0. The Hall–Kier alpha value is -0.190. The molecule has 0 aromatic heterocycles. The summed E-state index contributed by atoms with van der Waals surface area (Å²) in [6.07, 6.45) is 0.705. The fraction of sp³-hybridized carbons (Fsp3) is 0.800. The van der Waals surface area contributed by atoms with Crippen LogP contribution in [0, 0.1) is 0 Å². The Kier molecular flexibility index (Phi) is 2.14. The molecule has 3 nitrogen and oxygen atoms in total. The maximum atomic E-state index is 10.1. The minimum atomic E-state index is -0.684. The molecule has 2 aliphatic heterocycles. The third-order valence-corrected chi connectivity index (χ3v) is 4.79. The van der Waals surface area contributed by atoms with Crippen molar-refractivity contribution in [2.24, 2.45) is 0 Å². The van der Waals surface area contributed by atoms with Crippen LogP contribution in [0.15, 0.2) is 10.6 Å². The van der Waals surface area contributed by atoms with Crippen molar-refractivity contribution >= 4 is 11.8 Å². The van der Waals surface area contributed by atoms with E-state index in [9.17, 15) is 5.11 Å². The zero-order valence-electron chi connectivity index (χ0n) is 8.87. The molecule has 0 saturated carbocycles. The summed E-state index contributed by atoms with van der Waals surface area (Å²) in [7, 11) is 0. The number of thioether (sulfide) groups is 1. The van der Waals surface area contributed by atoms with E-state index >= 15 is 0 Å². The van der Waals surface area contributed by atoms with E-state index in [1.54, 1.807) is 11.8 Å². The second kappa shape index (κ2) is 2.90. The Bertz CT molecular complexity index is 295. The fourth-order valence-corrected chi connectivity index (χ4v) is 3.65. The van der Waals surface area contributed by atoms with Crippen LogP contribution >= 0.6 is 11.8 Å². The van der Waals surface area contributed by atoms with Crippen molar-refractivity contribution in [1.82, 2.24) is 4.90 Å². The zero-order valence-corrected chi connectivity index (χ0v) is 9.69. The average Bonchev–Trinajstić information content (AvgIpc) is 2.69. The highest BCUT2D eigenvalue weighted by Crippen LogP contribution is 2.62. The normalized spacial score (nSPS) is 31.1. The molecule has 0 amide bonds. The monoisotopic (exact) mass is 215 g/mol. The fourth-order valence-electron chi connectivity index (χ4n) is 2.15. The zero-order chi connectivity index (χ0) is 10.6. The van der Waals surface area contributed by atoms with Gasteiger partial charge < -0.3 is 15.1 Å². The summed E-state index contributed by atoms with van der Waals surface area (Å²) in [5.74, 6) is 0. The lowest BCUT2D eigenvalue weighted by Gasteiger charge is -2.26. The largest absolute Gasteiger partial charge is 0.396 e. The molecule has 0 aromatic rings. The Morgan fingerprint density at radius 1 is 1.57 bits per heavy atom. The van der Waals surface area contributed by atoms with Gasteiger partial charge in [0.25, 0.3) is 0 Å². The predicted octanol–water partition coefficient (Wildman–Crippen LogP) is 1.13. The Morgan fingerprint density at radius 3 is 2.64 bits per heavy atom. The van der Waals surface area contributed by atoms with Crippen molar-refractivity contribution in [1.29, 1.82) is 0 Å². The average molecular weight is 215 g/mol. The Balaban J connectivity index is 2.18. The lowest BCUT2D eigenvalue weighted by molar-refractivity contribution is 0.0570. The topological polar surface area (TPSA) is 43.5 Å². The molecule has 0 bridgehead atoms. The molecule has 0 spiro atoms. The van der Waals surface area contributed by atoms with E-state index in [1.165, 1.54) is 10.6 Å². The van der Waals surface area contributed by atoms with Gasteiger partial charge in [0.05, 0.1) is 12.1 Å². The van der Waals surface area contributed by atoms with E-state index in [4.69, 9.17) is 5.11 Å². The summed E-state index contributed by atoms with van der Waals surface area (Å²) in [6, 6.07) is 0. The van der Waals surface area contributed by atoms with Crippen molar-refractivity contribution in [2.75, 3.05) is 13.2 Å². The standard InChI is InChI=1S/C10H17NO2S/c1-7-8(4-5-12)11-6-10(11,14-7)9(2,3)13/h12-13H,4-6H2,1-3H3. The van der Waals surface area contributed by atoms with E-state index in [0.29, 0.717) is 6.42 Å². The highest BCUT2D eigenvalue weighted by Gasteiger charge is 2.66. The van der Waals surface area contributed by atoms with Gasteiger partial charge in [0.1, 0.15) is 4.87 Å². The van der Waals surface area contributed by atoms with Gasteiger partial charge in [-0.15, -0.1) is 0 Å². The maximum Gasteiger partial charge on any atom is 0.136 e. The molecule has 4 heteroatoms. The molecule has 1 atom stereocenters. The first kappa shape index (κ1) is 10.3. The van der Waals surface area contributed by atoms with Crippen LogP contribution in [0.5, 0.6) is 0 Å². The van der Waals surface area contributed by atoms with Gasteiger partial charge in [-0.05, 0) is 20.8 Å². The first-order chi connectivity index (χ1) is 6.42. The summed E-state index contributed by atoms with van der Waals surface area (Å²) in [6.45, 7) is 6.87. The molecule has 0 aliphatic carbocycles. The van der Waals surface area contributed by atoms with Crippen LogP contribution in [0.1, 0.15) is 27.2 Å². The first-order valence-electron chi connectivity index (χ1n) is 4.92. The SMILES string of the molecule is CC1=C(CCO)N2CC2(C(C)(C)O)S1. The quantitative estimate of drug-likeness (QED) is 0.693. The van der Waals surface area contributed by atoms with E-state index in [2.05, 4.69) is 11.8 Å². The third-order valence-electron chi connectivity index (χ3n) is 3.06. The maximum absolute atomic E-state index is 10.1. The molecular weight excluding hydrogens is 198 g/mol. The lowest BCUT2D eigenvalue weighted by atomic mass is 10.1. The minimum Gasteiger partial charge on any atom is -0.396 e. The first-order valence-corrected chi connectivity index (χ1v) is 5.74. The number of allylic oxidation sites excluding steroid dienone is 1. The van der Waals surface area contributed by atoms with Crippen LogP contribution in [-0.4, -0.2) is 38.7 Å². The highest BCUT2D eigenvalue weighted by atomic mass is 32.2. The molecule has 1 unspecified atom stereocenters. The van der Waals surface area contributed by atoms with Crippen LogP contribution in [0.4, 0.5) is 0 Å². The van der Waals surface area contributed by atoms with Crippen molar-refractivity contribution < 1.29 is 10.2 Å². The summed E-state index contributed by atoms with van der Waals surface area (Å²) < 4.78 is 0. The molecule has 80 valence electrons. The number of nitrogens with zero attached hydrogens (tertiary/aromatic N) is 1. The smallest absolute Gasteiger partial charge is 0.136 e. The molecule has 0 aromatic carbocycles. The van der Waals surface area contributed by atoms with Crippen LogP contribution in [0.25, 0.3) is 0 Å². The molecule has 1 fully saturated rings. The summed E-state index contributed by atoms with van der Waals surface area (Å²) in [5.41, 5.74) is 0.524. The molecular formula is C10H17NO2S. The van der Waals surface area contributed by atoms with Gasteiger partial charge in [0.15, 0.2) is 0 Å². The lowest BCUT2D eigenvalue weighted by Crippen LogP contribution is -2.38. The van der Waals surface area contributed by atoms with Gasteiger partial charge in [0, 0.05) is 23.6 Å². The van der Waals surface area contributed by atoms with Gasteiger partial charge in [-0.1, -0.05) is 11.8 Å². The van der Waals surface area contributed by atoms with Crippen LogP contribution in [0.2, 0.25) is 0 Å². The number of hydrogen-bond acceptors (Lipinski definition) is 4. The molecule has 1 saturated heterocycles. The molecule has 2 heterocycles. The molecule has 2 N–H and O–H groups in total. The number of aliphatic hydroxyl groups excluding tert-OH is 1. The number of fused-ring (bicyclic) bond motifs is 1. The van der Waals surface area contributed by atoms with Crippen molar-refractivity contribution in [3.05, 3.63) is 10.6 Å². The van der Waals surface area contributed by atoms with Gasteiger partial charge >= 0.3 is 0 Å². The van der Waals surface area contributed by atoms with Gasteiger partial charge in [0.2, 0.25) is 0 Å². The summed E-state index contributed by atoms with van der Waals surface area (Å²) in [4.78, 5) is 3.32. The Morgan fingerprint density at radius 2 is 2.21 bits per heavy atom. The second-order valence-electron chi connectivity index (χ2n) is 4.51. The van der Waals surface area contributed by atoms with Crippen molar-refractivity contribution in [3.63, 3.8) is 0 Å². The highest BCUT2D eigenvalue weighted by molar-refractivity contribution is 8.05. The van der Waals surface area contributed by atoms with Gasteiger partial charge in [-0.2, -0.15) is 0 Å². The van der Waals surface area contributed by atoms with E-state index in [0.717, 1.165) is 6.54 Å². The molecule has 14 heavy (non-hydrogen) atoms. The third kappa shape index (κ3) is 1.21.